The molecule has 0 aliphatic rings. The molecular formula is C25H23Cl3N4O2S. The molecule has 3 rings (SSSR count). The van der Waals surface area contributed by atoms with Gasteiger partial charge in [-0.05, 0) is 41.5 Å². The van der Waals surface area contributed by atoms with Gasteiger partial charge in [0.25, 0.3) is 0 Å². The smallest absolute Gasteiger partial charge is 0.233 e. The molecule has 0 aliphatic heterocycles. The van der Waals surface area contributed by atoms with Gasteiger partial charge in [-0.25, -0.2) is 0 Å². The van der Waals surface area contributed by atoms with Gasteiger partial charge in [-0.15, -0.1) is 0 Å². The number of anilines is 2. The summed E-state index contributed by atoms with van der Waals surface area (Å²) in [6.45, 7) is 1.42. The van der Waals surface area contributed by atoms with E-state index >= 15 is 0 Å². The first-order chi connectivity index (χ1) is 16.6. The minimum Gasteiger partial charge on any atom is -0.339 e. The lowest BCUT2D eigenvalue weighted by molar-refractivity contribution is -0.122. The second-order valence-electron chi connectivity index (χ2n) is 7.60. The summed E-state index contributed by atoms with van der Waals surface area (Å²) in [5.74, 6) is -1.21. The highest BCUT2D eigenvalue weighted by Gasteiger charge is 2.36. The number of carbonyl (C=O) groups excluding carboxylic acids is 2. The molecular weight excluding hydrogens is 527 g/mol. The van der Waals surface area contributed by atoms with Gasteiger partial charge in [0.1, 0.15) is 6.17 Å². The summed E-state index contributed by atoms with van der Waals surface area (Å²) in [5, 5.41) is 11.4. The molecule has 0 radical (unpaired) electrons. The maximum atomic E-state index is 13.5. The molecule has 0 aromatic heterocycles. The lowest BCUT2D eigenvalue weighted by Crippen LogP contribution is -2.57. The lowest BCUT2D eigenvalue weighted by Gasteiger charge is -2.29. The van der Waals surface area contributed by atoms with Crippen LogP contribution in [0.3, 0.4) is 0 Å². The first-order valence-corrected chi connectivity index (χ1v) is 12.1. The summed E-state index contributed by atoms with van der Waals surface area (Å²) < 4.78 is -1.92. The first kappa shape index (κ1) is 26.8. The lowest BCUT2D eigenvalue weighted by atomic mass is 9.90. The zero-order valence-electron chi connectivity index (χ0n) is 18.6. The average molecular weight is 550 g/mol. The van der Waals surface area contributed by atoms with Crippen molar-refractivity contribution in [2.75, 3.05) is 10.6 Å². The van der Waals surface area contributed by atoms with E-state index in [-0.39, 0.29) is 16.9 Å². The van der Waals surface area contributed by atoms with E-state index in [1.54, 1.807) is 24.3 Å². The van der Waals surface area contributed by atoms with Gasteiger partial charge < -0.3 is 21.3 Å². The van der Waals surface area contributed by atoms with Gasteiger partial charge in [-0.2, -0.15) is 0 Å². The number of amides is 2. The molecule has 3 aromatic carbocycles. The first-order valence-electron chi connectivity index (χ1n) is 10.6. The molecule has 0 heterocycles. The van der Waals surface area contributed by atoms with Gasteiger partial charge in [0.15, 0.2) is 5.11 Å². The van der Waals surface area contributed by atoms with Crippen LogP contribution in [0, 0.1) is 0 Å². The highest BCUT2D eigenvalue weighted by molar-refractivity contribution is 7.80. The Morgan fingerprint density at radius 1 is 0.771 bits per heavy atom. The molecule has 1 atom stereocenters. The van der Waals surface area contributed by atoms with E-state index in [0.717, 1.165) is 11.1 Å². The fraction of sp³-hybridized carbons (Fsp3) is 0.160. The summed E-state index contributed by atoms with van der Waals surface area (Å²) in [6, 6.07) is 25.6. The Kier molecular flexibility index (Phi) is 9.34. The van der Waals surface area contributed by atoms with Crippen molar-refractivity contribution in [2.45, 2.75) is 22.8 Å². The number of alkyl halides is 3. The van der Waals surface area contributed by atoms with Crippen molar-refractivity contribution in [3.05, 3.63) is 96.1 Å². The van der Waals surface area contributed by atoms with Crippen LogP contribution >= 0.6 is 47.0 Å². The van der Waals surface area contributed by atoms with E-state index in [0.29, 0.717) is 11.4 Å². The molecule has 0 aliphatic carbocycles. The maximum Gasteiger partial charge on any atom is 0.233 e. The SMILES string of the molecule is CC(=O)Nc1cccc(NC(=S)NC(NC(=O)C(c2ccccc2)c2ccccc2)C(Cl)(Cl)Cl)c1. The van der Waals surface area contributed by atoms with Crippen LogP contribution in [0.5, 0.6) is 0 Å². The number of rotatable bonds is 7. The third-order valence-corrected chi connectivity index (χ3v) is 5.73. The number of thiocarbonyl (C=S) groups is 1. The standard InChI is InChI=1S/C25H23Cl3N4O2S/c1-16(33)29-19-13-8-14-20(15-19)30-24(35)32-23(25(26,27)28)31-22(34)21(17-9-4-2-5-10-17)18-11-6-3-7-12-18/h2-15,21,23H,1H3,(H,29,33)(H,31,34)(H2,30,32,35). The van der Waals surface area contributed by atoms with Crippen molar-refractivity contribution < 1.29 is 9.59 Å². The summed E-state index contributed by atoms with van der Waals surface area (Å²) in [4.78, 5) is 24.8. The van der Waals surface area contributed by atoms with Crippen LogP contribution in [0.15, 0.2) is 84.9 Å². The van der Waals surface area contributed by atoms with Crippen LogP contribution in [0.25, 0.3) is 0 Å². The van der Waals surface area contributed by atoms with E-state index in [4.69, 9.17) is 47.0 Å². The molecule has 2 amide bonds. The molecule has 0 fully saturated rings. The monoisotopic (exact) mass is 548 g/mol. The summed E-state index contributed by atoms with van der Waals surface area (Å²) >= 11 is 23.9. The highest BCUT2D eigenvalue weighted by atomic mass is 35.6. The predicted octanol–water partition coefficient (Wildman–Crippen LogP) is 5.58. The Morgan fingerprint density at radius 3 is 1.77 bits per heavy atom. The average Bonchev–Trinajstić information content (AvgIpc) is 2.79. The quantitative estimate of drug-likeness (QED) is 0.176. The van der Waals surface area contributed by atoms with E-state index < -0.39 is 15.9 Å². The number of hydrogen-bond donors (Lipinski definition) is 4. The van der Waals surface area contributed by atoms with Gasteiger partial charge in [-0.1, -0.05) is 102 Å². The molecule has 3 aromatic rings. The van der Waals surface area contributed by atoms with Crippen molar-refractivity contribution in [1.82, 2.24) is 10.6 Å². The number of halogens is 3. The van der Waals surface area contributed by atoms with Gasteiger partial charge in [0, 0.05) is 18.3 Å². The predicted molar refractivity (Wildman–Crippen MR) is 147 cm³/mol. The Morgan fingerprint density at radius 2 is 1.29 bits per heavy atom. The molecule has 6 nitrogen and oxygen atoms in total. The molecule has 4 N–H and O–H groups in total. The Bertz CT molecular complexity index is 1130. The maximum absolute atomic E-state index is 13.5. The van der Waals surface area contributed by atoms with Crippen LogP contribution in [0.4, 0.5) is 11.4 Å². The molecule has 182 valence electrons. The minimum atomic E-state index is -1.92. The molecule has 35 heavy (non-hydrogen) atoms. The third kappa shape index (κ3) is 8.11. The van der Waals surface area contributed by atoms with Crippen molar-refractivity contribution in [1.29, 1.82) is 0 Å². The molecule has 0 saturated heterocycles. The van der Waals surface area contributed by atoms with Crippen molar-refractivity contribution in [3.63, 3.8) is 0 Å². The molecule has 10 heteroatoms. The van der Waals surface area contributed by atoms with Gasteiger partial charge in [-0.3, -0.25) is 9.59 Å². The topological polar surface area (TPSA) is 82.3 Å². The number of benzene rings is 3. The van der Waals surface area contributed by atoms with E-state index in [1.807, 2.05) is 60.7 Å². The van der Waals surface area contributed by atoms with Crippen molar-refractivity contribution in [3.8, 4) is 0 Å². The summed E-state index contributed by atoms with van der Waals surface area (Å²) in [5.41, 5.74) is 2.75. The van der Waals surface area contributed by atoms with Crippen LogP contribution in [-0.2, 0) is 9.59 Å². The Balaban J connectivity index is 1.77. The minimum absolute atomic E-state index is 0.109. The zero-order valence-corrected chi connectivity index (χ0v) is 21.7. The van der Waals surface area contributed by atoms with Crippen LogP contribution in [-0.4, -0.2) is 26.9 Å². The molecule has 1 unspecified atom stereocenters. The normalized spacial score (nSPS) is 11.9. The molecule has 0 bridgehead atoms. The van der Waals surface area contributed by atoms with Gasteiger partial charge in [0.05, 0.1) is 5.92 Å². The van der Waals surface area contributed by atoms with Crippen molar-refractivity contribution in [2.24, 2.45) is 0 Å². The van der Waals surface area contributed by atoms with E-state index in [9.17, 15) is 9.59 Å². The third-order valence-electron chi connectivity index (χ3n) is 4.86. The Labute approximate surface area is 224 Å². The summed E-state index contributed by atoms with van der Waals surface area (Å²) in [6.07, 6.45) is -1.14. The Hall–Kier alpha value is -2.84. The highest BCUT2D eigenvalue weighted by Crippen LogP contribution is 2.31. The van der Waals surface area contributed by atoms with Crippen LogP contribution in [0.1, 0.15) is 24.0 Å². The second kappa shape index (κ2) is 12.2. The van der Waals surface area contributed by atoms with Crippen LogP contribution in [0.2, 0.25) is 0 Å². The van der Waals surface area contributed by atoms with Gasteiger partial charge >= 0.3 is 0 Å². The van der Waals surface area contributed by atoms with Crippen LogP contribution < -0.4 is 21.3 Å². The number of hydrogen-bond acceptors (Lipinski definition) is 3. The van der Waals surface area contributed by atoms with Crippen molar-refractivity contribution >= 4 is 75.3 Å². The summed E-state index contributed by atoms with van der Waals surface area (Å²) in [7, 11) is 0. The second-order valence-corrected chi connectivity index (χ2v) is 10.4. The van der Waals surface area contributed by atoms with E-state index in [2.05, 4.69) is 21.3 Å². The fourth-order valence-electron chi connectivity index (χ4n) is 3.39. The number of carbonyl (C=O) groups is 2. The largest absolute Gasteiger partial charge is 0.339 e. The van der Waals surface area contributed by atoms with E-state index in [1.165, 1.54) is 6.92 Å². The molecule has 0 spiro atoms. The zero-order chi connectivity index (χ0) is 25.4. The van der Waals surface area contributed by atoms with Gasteiger partial charge in [0.2, 0.25) is 15.6 Å². The molecule has 0 saturated carbocycles. The number of nitrogens with one attached hydrogen (secondary N) is 4. The fourth-order valence-corrected chi connectivity index (χ4v) is 3.95.